The standard InChI is InChI=1S/C25H32N2O5/c1-5-21(24(29)32-25(2,3)4)30-18-10-8-9-17(15-18)16-26-14-13-20(28)23-27-19-11-6-7-12-22(19)31-23/h6-12,15,20-21,26,28H,5,13-14,16H2,1-4H3. The monoisotopic (exact) mass is 440 g/mol. The summed E-state index contributed by atoms with van der Waals surface area (Å²) in [5, 5.41) is 13.7. The van der Waals surface area contributed by atoms with Crippen molar-refractivity contribution in [3.63, 3.8) is 0 Å². The Bertz CT molecular complexity index is 991. The van der Waals surface area contributed by atoms with Crippen molar-refractivity contribution in [1.82, 2.24) is 10.3 Å². The Morgan fingerprint density at radius 3 is 2.69 bits per heavy atom. The van der Waals surface area contributed by atoms with Gasteiger partial charge in [0.2, 0.25) is 5.89 Å². The van der Waals surface area contributed by atoms with Gasteiger partial charge in [0.1, 0.15) is 23.0 Å². The average Bonchev–Trinajstić information content (AvgIpc) is 3.18. The van der Waals surface area contributed by atoms with Gasteiger partial charge in [0, 0.05) is 6.54 Å². The molecule has 0 amide bonds. The van der Waals surface area contributed by atoms with E-state index in [1.54, 1.807) is 0 Å². The Morgan fingerprint density at radius 2 is 1.97 bits per heavy atom. The van der Waals surface area contributed by atoms with E-state index in [1.807, 2.05) is 76.2 Å². The molecule has 0 aliphatic rings. The highest BCUT2D eigenvalue weighted by Gasteiger charge is 2.25. The van der Waals surface area contributed by atoms with Crippen LogP contribution in [0.5, 0.6) is 5.75 Å². The molecule has 0 saturated carbocycles. The summed E-state index contributed by atoms with van der Waals surface area (Å²) in [5.74, 6) is 0.585. The fraction of sp³-hybridized carbons (Fsp3) is 0.440. The van der Waals surface area contributed by atoms with E-state index in [-0.39, 0.29) is 5.97 Å². The van der Waals surface area contributed by atoms with Crippen molar-refractivity contribution in [2.45, 2.75) is 64.9 Å². The number of aliphatic hydroxyl groups excluding tert-OH is 1. The predicted molar refractivity (Wildman–Crippen MR) is 122 cm³/mol. The maximum atomic E-state index is 12.3. The van der Waals surface area contributed by atoms with Gasteiger partial charge in [-0.05, 0) is 70.0 Å². The summed E-state index contributed by atoms with van der Waals surface area (Å²) in [6, 6.07) is 15.0. The number of hydrogen-bond acceptors (Lipinski definition) is 7. The number of nitrogens with zero attached hydrogens (tertiary/aromatic N) is 1. The zero-order valence-corrected chi connectivity index (χ0v) is 19.1. The molecule has 1 aromatic heterocycles. The van der Waals surface area contributed by atoms with Gasteiger partial charge in [-0.2, -0.15) is 0 Å². The highest BCUT2D eigenvalue weighted by atomic mass is 16.6. The highest BCUT2D eigenvalue weighted by molar-refractivity contribution is 5.75. The van der Waals surface area contributed by atoms with Crippen molar-refractivity contribution in [2.75, 3.05) is 6.54 Å². The molecule has 1 heterocycles. The van der Waals surface area contributed by atoms with Crippen LogP contribution in [0.2, 0.25) is 0 Å². The summed E-state index contributed by atoms with van der Waals surface area (Å²) < 4.78 is 16.9. The maximum absolute atomic E-state index is 12.3. The first-order valence-electron chi connectivity index (χ1n) is 11.0. The largest absolute Gasteiger partial charge is 0.479 e. The molecule has 2 unspecified atom stereocenters. The smallest absolute Gasteiger partial charge is 0.347 e. The van der Waals surface area contributed by atoms with E-state index in [9.17, 15) is 9.90 Å². The molecule has 0 aliphatic heterocycles. The molecule has 0 saturated heterocycles. The van der Waals surface area contributed by atoms with Crippen LogP contribution in [0, 0.1) is 0 Å². The molecule has 2 atom stereocenters. The molecule has 172 valence electrons. The molecule has 7 heteroatoms. The van der Waals surface area contributed by atoms with E-state index in [2.05, 4.69) is 10.3 Å². The van der Waals surface area contributed by atoms with Crippen molar-refractivity contribution in [2.24, 2.45) is 0 Å². The Balaban J connectivity index is 1.48. The lowest BCUT2D eigenvalue weighted by Crippen LogP contribution is -2.34. The summed E-state index contributed by atoms with van der Waals surface area (Å²) in [7, 11) is 0. The molecule has 0 radical (unpaired) electrons. The van der Waals surface area contributed by atoms with Crippen molar-refractivity contribution in [1.29, 1.82) is 0 Å². The van der Waals surface area contributed by atoms with Gasteiger partial charge in [0.25, 0.3) is 0 Å². The lowest BCUT2D eigenvalue weighted by atomic mass is 10.2. The molecule has 0 aliphatic carbocycles. The quantitative estimate of drug-likeness (QED) is 0.353. The predicted octanol–water partition coefficient (Wildman–Crippen LogP) is 4.54. The minimum Gasteiger partial charge on any atom is -0.479 e. The normalized spacial score (nSPS) is 13.7. The number of para-hydroxylation sites is 2. The van der Waals surface area contributed by atoms with Gasteiger partial charge in [-0.3, -0.25) is 0 Å². The number of nitrogens with one attached hydrogen (secondary N) is 1. The van der Waals surface area contributed by atoms with Crippen LogP contribution in [0.1, 0.15) is 58.1 Å². The van der Waals surface area contributed by atoms with Crippen LogP contribution in [0.25, 0.3) is 11.1 Å². The van der Waals surface area contributed by atoms with Gasteiger partial charge in [0.05, 0.1) is 0 Å². The van der Waals surface area contributed by atoms with Gasteiger partial charge in [-0.15, -0.1) is 0 Å². The Morgan fingerprint density at radius 1 is 1.19 bits per heavy atom. The topological polar surface area (TPSA) is 93.8 Å². The number of aliphatic hydroxyl groups is 1. The van der Waals surface area contributed by atoms with Crippen LogP contribution < -0.4 is 10.1 Å². The number of hydrogen-bond donors (Lipinski definition) is 2. The van der Waals surface area contributed by atoms with E-state index < -0.39 is 17.8 Å². The zero-order valence-electron chi connectivity index (χ0n) is 19.1. The summed E-state index contributed by atoms with van der Waals surface area (Å²) in [6.07, 6.45) is -0.433. The first-order chi connectivity index (χ1) is 15.2. The third-order valence-corrected chi connectivity index (χ3v) is 4.74. The number of rotatable bonds is 10. The number of carbonyl (C=O) groups excluding carboxylic acids is 1. The second-order valence-corrected chi connectivity index (χ2v) is 8.70. The number of benzene rings is 2. The van der Waals surface area contributed by atoms with E-state index in [0.717, 1.165) is 11.1 Å². The van der Waals surface area contributed by atoms with E-state index in [4.69, 9.17) is 13.9 Å². The van der Waals surface area contributed by atoms with Crippen molar-refractivity contribution in [3.8, 4) is 5.75 Å². The van der Waals surface area contributed by atoms with Crippen LogP contribution in [0.15, 0.2) is 52.9 Å². The lowest BCUT2D eigenvalue weighted by molar-refractivity contribution is -0.163. The molecule has 0 bridgehead atoms. The van der Waals surface area contributed by atoms with Crippen LogP contribution in [-0.4, -0.2) is 34.3 Å². The van der Waals surface area contributed by atoms with E-state index in [1.165, 1.54) is 0 Å². The molecule has 7 nitrogen and oxygen atoms in total. The second-order valence-electron chi connectivity index (χ2n) is 8.70. The molecule has 2 aromatic carbocycles. The molecule has 2 N–H and O–H groups in total. The van der Waals surface area contributed by atoms with Crippen LogP contribution in [0.4, 0.5) is 0 Å². The van der Waals surface area contributed by atoms with Crippen molar-refractivity contribution < 1.29 is 23.8 Å². The Labute approximate surface area is 188 Å². The molecule has 3 rings (SSSR count). The zero-order chi connectivity index (χ0) is 23.1. The fourth-order valence-corrected chi connectivity index (χ4v) is 3.19. The summed E-state index contributed by atoms with van der Waals surface area (Å²) in [4.78, 5) is 16.7. The maximum Gasteiger partial charge on any atom is 0.347 e. The number of aromatic nitrogens is 1. The third kappa shape index (κ3) is 6.80. The van der Waals surface area contributed by atoms with Gasteiger partial charge >= 0.3 is 5.97 Å². The first-order valence-corrected chi connectivity index (χ1v) is 11.0. The average molecular weight is 441 g/mol. The minimum absolute atomic E-state index is 0.330. The molecule has 3 aromatic rings. The lowest BCUT2D eigenvalue weighted by Gasteiger charge is -2.24. The first kappa shape index (κ1) is 23.8. The Hall–Kier alpha value is -2.90. The molecule has 32 heavy (non-hydrogen) atoms. The van der Waals surface area contributed by atoms with Crippen molar-refractivity contribution >= 4 is 17.1 Å². The summed E-state index contributed by atoms with van der Waals surface area (Å²) in [6.45, 7) is 8.59. The van der Waals surface area contributed by atoms with Gasteiger partial charge in [-0.1, -0.05) is 31.2 Å². The van der Waals surface area contributed by atoms with Gasteiger partial charge in [-0.25, -0.2) is 9.78 Å². The van der Waals surface area contributed by atoms with E-state index >= 15 is 0 Å². The fourth-order valence-electron chi connectivity index (χ4n) is 3.19. The molecular formula is C25H32N2O5. The third-order valence-electron chi connectivity index (χ3n) is 4.74. The Kier molecular flexibility index (Phi) is 7.88. The van der Waals surface area contributed by atoms with Gasteiger partial charge < -0.3 is 24.3 Å². The molecular weight excluding hydrogens is 408 g/mol. The molecule has 0 spiro atoms. The van der Waals surface area contributed by atoms with Crippen molar-refractivity contribution in [3.05, 3.63) is 60.0 Å². The second kappa shape index (κ2) is 10.6. The van der Waals surface area contributed by atoms with Crippen LogP contribution in [0.3, 0.4) is 0 Å². The summed E-state index contributed by atoms with van der Waals surface area (Å²) >= 11 is 0. The minimum atomic E-state index is -0.774. The van der Waals surface area contributed by atoms with Gasteiger partial charge in [0.15, 0.2) is 11.7 Å². The number of carbonyl (C=O) groups is 1. The molecule has 0 fully saturated rings. The number of esters is 1. The highest BCUT2D eigenvalue weighted by Crippen LogP contribution is 2.22. The number of fused-ring (bicyclic) bond motifs is 1. The van der Waals surface area contributed by atoms with Crippen LogP contribution in [-0.2, 0) is 16.1 Å². The summed E-state index contributed by atoms with van der Waals surface area (Å²) in [5.41, 5.74) is 1.87. The number of oxazole rings is 1. The SMILES string of the molecule is CCC(Oc1cccc(CNCCC(O)c2nc3ccccc3o2)c1)C(=O)OC(C)(C)C. The van der Waals surface area contributed by atoms with E-state index in [0.29, 0.717) is 43.2 Å². The van der Waals surface area contributed by atoms with Crippen LogP contribution >= 0.6 is 0 Å². The number of ether oxygens (including phenoxy) is 2.